The number of amides is 1. The lowest BCUT2D eigenvalue weighted by Crippen LogP contribution is -2.58. The molecule has 0 bridgehead atoms. The fourth-order valence-electron chi connectivity index (χ4n) is 3.14. The second kappa shape index (κ2) is 14.1. The number of unbranched alkanes of at least 4 members (excludes halogenated alkanes) is 2. The molecule has 1 amide bonds. The molecule has 15 nitrogen and oxygen atoms in total. The maximum Gasteiger partial charge on any atom is 0.220 e. The predicted octanol–water partition coefficient (Wildman–Crippen LogP) is -0.635. The highest BCUT2D eigenvalue weighted by Gasteiger charge is 2.34. The number of H-pyrrole nitrogens is 3. The number of nitrogens with two attached hydrogens (primary N) is 1. The Hall–Kier alpha value is -3.27. The summed E-state index contributed by atoms with van der Waals surface area (Å²) in [5.41, 5.74) is 6.48. The van der Waals surface area contributed by atoms with Crippen LogP contribution in [-0.2, 0) is 38.8 Å². The van der Waals surface area contributed by atoms with E-state index in [0.717, 1.165) is 19.3 Å². The van der Waals surface area contributed by atoms with Crippen LogP contribution in [0.2, 0.25) is 0 Å². The predicted molar refractivity (Wildman–Crippen MR) is 117 cm³/mol. The fraction of sp³-hybridized carbons (Fsp3) is 0.632. The van der Waals surface area contributed by atoms with Crippen LogP contribution >= 0.6 is 0 Å². The van der Waals surface area contributed by atoms with Gasteiger partial charge in [-0.25, -0.2) is 0 Å². The average molecular weight is 478 g/mol. The first kappa shape index (κ1) is 25.4. The van der Waals surface area contributed by atoms with E-state index < -0.39 is 5.54 Å². The van der Waals surface area contributed by atoms with Gasteiger partial charge in [0.25, 0.3) is 0 Å². The monoisotopic (exact) mass is 477 g/mol. The lowest BCUT2D eigenvalue weighted by molar-refractivity contribution is -0.128. The number of hydrogen-bond acceptors (Lipinski definition) is 11. The van der Waals surface area contributed by atoms with Crippen LogP contribution in [0.1, 0.15) is 42.8 Å². The van der Waals surface area contributed by atoms with E-state index >= 15 is 0 Å². The molecular formula is C19H31N11O4. The summed E-state index contributed by atoms with van der Waals surface area (Å²) in [6.45, 7) is 1.57. The molecule has 34 heavy (non-hydrogen) atoms. The number of aromatic nitrogens is 9. The molecule has 0 aliphatic rings. The topological polar surface area (TPSA) is 208 Å². The van der Waals surface area contributed by atoms with Crippen LogP contribution < -0.4 is 11.1 Å². The number of aromatic amines is 3. The van der Waals surface area contributed by atoms with E-state index in [2.05, 4.69) is 51.5 Å². The van der Waals surface area contributed by atoms with Gasteiger partial charge in [0.05, 0.1) is 58.2 Å². The zero-order chi connectivity index (χ0) is 23.9. The molecule has 0 radical (unpaired) electrons. The maximum absolute atomic E-state index is 12.8. The molecule has 0 saturated heterocycles. The van der Waals surface area contributed by atoms with E-state index in [1.807, 2.05) is 0 Å². The minimum Gasteiger partial charge on any atom is -0.372 e. The van der Waals surface area contributed by atoms with Crippen molar-refractivity contribution in [3.8, 4) is 0 Å². The lowest BCUT2D eigenvalue weighted by Gasteiger charge is -2.34. The van der Waals surface area contributed by atoms with Crippen molar-refractivity contribution in [1.82, 2.24) is 51.5 Å². The number of hydrogen-bond donors (Lipinski definition) is 5. The van der Waals surface area contributed by atoms with Gasteiger partial charge in [0, 0.05) is 6.42 Å². The molecule has 0 fully saturated rings. The number of nitrogens with one attached hydrogen (secondary N) is 4. The van der Waals surface area contributed by atoms with Gasteiger partial charge in [-0.15, -0.1) is 0 Å². The van der Waals surface area contributed by atoms with Gasteiger partial charge < -0.3 is 25.3 Å². The first-order valence-corrected chi connectivity index (χ1v) is 11.0. The van der Waals surface area contributed by atoms with Gasteiger partial charge in [-0.2, -0.15) is 46.2 Å². The summed E-state index contributed by atoms with van der Waals surface area (Å²) in [5.74, 6) is -0.128. The maximum atomic E-state index is 12.8. The van der Waals surface area contributed by atoms with Crippen molar-refractivity contribution >= 4 is 5.91 Å². The Morgan fingerprint density at radius 3 is 1.65 bits per heavy atom. The molecule has 0 aromatic carbocycles. The van der Waals surface area contributed by atoms with Crippen molar-refractivity contribution in [3.63, 3.8) is 0 Å². The normalized spacial score (nSPS) is 11.7. The molecule has 0 spiro atoms. The van der Waals surface area contributed by atoms with E-state index in [-0.39, 0.29) is 45.5 Å². The van der Waals surface area contributed by atoms with E-state index in [0.29, 0.717) is 30.0 Å². The first-order chi connectivity index (χ1) is 16.7. The average Bonchev–Trinajstić information content (AvgIpc) is 3.61. The summed E-state index contributed by atoms with van der Waals surface area (Å²) in [6, 6.07) is 0. The number of rotatable bonds is 18. The molecule has 0 aliphatic carbocycles. The molecule has 3 aromatic rings. The Labute approximate surface area is 195 Å². The summed E-state index contributed by atoms with van der Waals surface area (Å²) in [4.78, 5) is 12.8. The molecule has 3 rings (SSSR count). The van der Waals surface area contributed by atoms with Crippen molar-refractivity contribution in [1.29, 1.82) is 0 Å². The summed E-state index contributed by atoms with van der Waals surface area (Å²) < 4.78 is 17.6. The number of ether oxygens (including phenoxy) is 3. The highest BCUT2D eigenvalue weighted by Crippen LogP contribution is 2.14. The highest BCUT2D eigenvalue weighted by atomic mass is 16.5. The largest absolute Gasteiger partial charge is 0.372 e. The van der Waals surface area contributed by atoms with Gasteiger partial charge in [0.2, 0.25) is 5.91 Å². The quantitative estimate of drug-likeness (QED) is 0.146. The van der Waals surface area contributed by atoms with Crippen molar-refractivity contribution in [2.24, 2.45) is 5.73 Å². The van der Waals surface area contributed by atoms with Gasteiger partial charge in [-0.1, -0.05) is 6.42 Å². The lowest BCUT2D eigenvalue weighted by atomic mass is 10.0. The molecule has 15 heteroatoms. The van der Waals surface area contributed by atoms with Crippen LogP contribution in [0, 0.1) is 0 Å². The van der Waals surface area contributed by atoms with Gasteiger partial charge in [0.1, 0.15) is 22.6 Å². The van der Waals surface area contributed by atoms with E-state index in [9.17, 15) is 4.79 Å². The molecule has 186 valence electrons. The Morgan fingerprint density at radius 1 is 0.794 bits per heavy atom. The Bertz CT molecular complexity index is 805. The number of carbonyl (C=O) groups excluding carboxylic acids is 1. The van der Waals surface area contributed by atoms with Gasteiger partial charge in [-0.05, 0) is 19.4 Å². The molecule has 3 heterocycles. The summed E-state index contributed by atoms with van der Waals surface area (Å²) in [6.07, 6.45) is 7.56. The number of nitrogens with zero attached hydrogens (tertiary/aromatic N) is 6. The van der Waals surface area contributed by atoms with Crippen LogP contribution in [0.5, 0.6) is 0 Å². The standard InChI is InChI=1S/C19H31N11O4/c20-5-3-1-2-4-18(31)24-19(12-32-9-15-6-21-28-25-15,13-33-10-16-7-22-29-26-16)14-34-11-17-8-23-30-27-17/h6-8H,1-5,9-14,20H2,(H,24,31)(H,21,25,28)(H,22,26,29)(H,23,27,30). The van der Waals surface area contributed by atoms with Crippen LogP contribution in [0.15, 0.2) is 18.6 Å². The zero-order valence-electron chi connectivity index (χ0n) is 18.9. The molecule has 0 atom stereocenters. The van der Waals surface area contributed by atoms with Crippen LogP contribution in [0.25, 0.3) is 0 Å². The second-order valence-corrected chi connectivity index (χ2v) is 7.79. The van der Waals surface area contributed by atoms with E-state index in [4.69, 9.17) is 19.9 Å². The smallest absolute Gasteiger partial charge is 0.220 e. The van der Waals surface area contributed by atoms with Crippen molar-refractivity contribution in [3.05, 3.63) is 35.7 Å². The summed E-state index contributed by atoms with van der Waals surface area (Å²) in [7, 11) is 0. The van der Waals surface area contributed by atoms with Gasteiger partial charge in [0.15, 0.2) is 0 Å². The molecule has 0 aliphatic heterocycles. The van der Waals surface area contributed by atoms with Crippen LogP contribution in [-0.4, -0.2) is 84.0 Å². The van der Waals surface area contributed by atoms with Gasteiger partial charge in [-0.3, -0.25) is 4.79 Å². The third-order valence-electron chi connectivity index (χ3n) is 4.79. The minimum absolute atomic E-state index is 0.117. The Balaban J connectivity index is 1.65. The molecule has 0 unspecified atom stereocenters. The fourth-order valence-corrected chi connectivity index (χ4v) is 3.14. The Morgan fingerprint density at radius 2 is 1.26 bits per heavy atom. The van der Waals surface area contributed by atoms with Gasteiger partial charge >= 0.3 is 0 Å². The third-order valence-corrected chi connectivity index (χ3v) is 4.79. The van der Waals surface area contributed by atoms with Crippen LogP contribution in [0.4, 0.5) is 0 Å². The molecular weight excluding hydrogens is 446 g/mol. The highest BCUT2D eigenvalue weighted by molar-refractivity contribution is 5.76. The van der Waals surface area contributed by atoms with Crippen molar-refractivity contribution in [2.45, 2.75) is 51.0 Å². The number of carbonyl (C=O) groups is 1. The zero-order valence-corrected chi connectivity index (χ0v) is 18.9. The summed E-state index contributed by atoms with van der Waals surface area (Å²) in [5, 5.41) is 34.0. The Kier molecular flexibility index (Phi) is 10.5. The molecule has 0 saturated carbocycles. The van der Waals surface area contributed by atoms with Crippen molar-refractivity contribution < 1.29 is 19.0 Å². The SMILES string of the molecule is NCCCCCC(=O)NC(COCc1cn[nH]n1)(COCc1cn[nH]n1)COCc1cn[nH]n1. The van der Waals surface area contributed by atoms with Crippen molar-refractivity contribution in [2.75, 3.05) is 26.4 Å². The second-order valence-electron chi connectivity index (χ2n) is 7.79. The van der Waals surface area contributed by atoms with Crippen LogP contribution in [0.3, 0.4) is 0 Å². The van der Waals surface area contributed by atoms with E-state index in [1.165, 1.54) is 0 Å². The van der Waals surface area contributed by atoms with E-state index in [1.54, 1.807) is 18.6 Å². The molecule has 6 N–H and O–H groups in total. The minimum atomic E-state index is -0.970. The first-order valence-electron chi connectivity index (χ1n) is 11.0. The summed E-state index contributed by atoms with van der Waals surface area (Å²) >= 11 is 0. The molecule has 3 aromatic heterocycles. The third kappa shape index (κ3) is 8.93.